The Morgan fingerprint density at radius 2 is 1.75 bits per heavy atom. The van der Waals surface area contributed by atoms with Crippen LogP contribution >= 0.6 is 11.8 Å². The quantitative estimate of drug-likeness (QED) is 0.655. The van der Waals surface area contributed by atoms with Crippen LogP contribution in [0.4, 0.5) is 8.78 Å². The summed E-state index contributed by atoms with van der Waals surface area (Å²) in [6.07, 6.45) is 0. The van der Waals surface area contributed by atoms with Gasteiger partial charge in [0.25, 0.3) is 0 Å². The minimum Gasteiger partial charge on any atom is -0.476 e. The van der Waals surface area contributed by atoms with E-state index in [2.05, 4.69) is 0 Å². The van der Waals surface area contributed by atoms with Crippen LogP contribution in [0.5, 0.6) is 0 Å². The molecule has 1 aromatic carbocycles. The van der Waals surface area contributed by atoms with E-state index in [1.54, 1.807) is 0 Å². The molecule has 0 radical (unpaired) electrons. The van der Waals surface area contributed by atoms with E-state index in [0.717, 1.165) is 0 Å². The Hall–Kier alpha value is -1.43. The van der Waals surface area contributed by atoms with Gasteiger partial charge < -0.3 is 5.11 Å². The molecule has 86 valence electrons. The molecule has 1 N–H and O–H groups in total. The first kappa shape index (κ1) is 12.6. The van der Waals surface area contributed by atoms with Gasteiger partial charge in [-0.2, -0.15) is 8.78 Å². The van der Waals surface area contributed by atoms with Gasteiger partial charge in [0.15, 0.2) is 5.78 Å². The van der Waals surface area contributed by atoms with Crippen molar-refractivity contribution in [2.75, 3.05) is 0 Å². The molecule has 6 heteroatoms. The molecule has 0 saturated carbocycles. The molecular formula is C10H8F2O3S. The van der Waals surface area contributed by atoms with Crippen LogP contribution < -0.4 is 0 Å². The molecular weight excluding hydrogens is 238 g/mol. The molecule has 0 heterocycles. The smallest absolute Gasteiger partial charge is 0.393 e. The van der Waals surface area contributed by atoms with Crippen molar-refractivity contribution in [3.05, 3.63) is 29.8 Å². The van der Waals surface area contributed by atoms with Crippen molar-refractivity contribution in [3.63, 3.8) is 0 Å². The van der Waals surface area contributed by atoms with E-state index in [1.807, 2.05) is 0 Å². The van der Waals surface area contributed by atoms with E-state index < -0.39 is 11.2 Å². The number of carbonyl (C=O) groups excluding carboxylic acids is 1. The van der Waals surface area contributed by atoms with Crippen molar-refractivity contribution in [1.29, 1.82) is 0 Å². The molecule has 0 aliphatic carbocycles. The van der Waals surface area contributed by atoms with Crippen molar-refractivity contribution < 1.29 is 23.5 Å². The lowest BCUT2D eigenvalue weighted by molar-refractivity contribution is -0.152. The van der Waals surface area contributed by atoms with Crippen molar-refractivity contribution in [1.82, 2.24) is 0 Å². The number of halogens is 2. The molecule has 1 aromatic rings. The van der Waals surface area contributed by atoms with Gasteiger partial charge in [-0.25, -0.2) is 4.79 Å². The Morgan fingerprint density at radius 1 is 1.25 bits per heavy atom. The zero-order chi connectivity index (χ0) is 12.3. The first-order valence-corrected chi connectivity index (χ1v) is 5.06. The summed E-state index contributed by atoms with van der Waals surface area (Å²) in [7, 11) is 0. The molecule has 0 aromatic heterocycles. The van der Waals surface area contributed by atoms with Crippen LogP contribution in [0, 0.1) is 0 Å². The number of carboxylic acids is 1. The van der Waals surface area contributed by atoms with Crippen LogP contribution in [0.2, 0.25) is 0 Å². The SMILES string of the molecule is CC(=O)c1ccc(SC(F)(F)C(=O)O)cc1. The van der Waals surface area contributed by atoms with Crippen molar-refractivity contribution >= 4 is 23.5 Å². The summed E-state index contributed by atoms with van der Waals surface area (Å²) in [4.78, 5) is 21.2. The predicted octanol–water partition coefficient (Wildman–Crippen LogP) is 2.66. The molecule has 0 aliphatic heterocycles. The van der Waals surface area contributed by atoms with Crippen molar-refractivity contribution in [2.24, 2.45) is 0 Å². The van der Waals surface area contributed by atoms with Crippen LogP contribution in [-0.4, -0.2) is 22.1 Å². The maximum absolute atomic E-state index is 12.8. The second-order valence-electron chi connectivity index (χ2n) is 3.00. The van der Waals surface area contributed by atoms with E-state index in [-0.39, 0.29) is 22.4 Å². The summed E-state index contributed by atoms with van der Waals surface area (Å²) >= 11 is -0.0698. The summed E-state index contributed by atoms with van der Waals surface area (Å²) in [6, 6.07) is 5.34. The minimum atomic E-state index is -3.86. The van der Waals surface area contributed by atoms with Gasteiger partial charge in [0, 0.05) is 10.5 Å². The van der Waals surface area contributed by atoms with Gasteiger partial charge in [-0.3, -0.25) is 4.79 Å². The number of hydrogen-bond donors (Lipinski definition) is 1. The molecule has 0 unspecified atom stereocenters. The van der Waals surface area contributed by atoms with Crippen molar-refractivity contribution in [3.8, 4) is 0 Å². The predicted molar refractivity (Wildman–Crippen MR) is 54.9 cm³/mol. The molecule has 3 nitrogen and oxygen atoms in total. The van der Waals surface area contributed by atoms with E-state index in [4.69, 9.17) is 5.11 Å². The second-order valence-corrected chi connectivity index (χ2v) is 4.19. The van der Waals surface area contributed by atoms with Gasteiger partial charge >= 0.3 is 11.2 Å². The third kappa shape index (κ3) is 3.03. The van der Waals surface area contributed by atoms with Gasteiger partial charge in [0.05, 0.1) is 0 Å². The standard InChI is InChI=1S/C10H8F2O3S/c1-6(13)7-2-4-8(5-3-7)16-10(11,12)9(14)15/h2-5H,1H3,(H,14,15). The number of thioether (sulfide) groups is 1. The molecule has 0 spiro atoms. The Kier molecular flexibility index (Phi) is 3.64. The highest BCUT2D eigenvalue weighted by Crippen LogP contribution is 2.35. The minimum absolute atomic E-state index is 0.0698. The third-order valence-electron chi connectivity index (χ3n) is 1.76. The fourth-order valence-corrected chi connectivity index (χ4v) is 1.60. The largest absolute Gasteiger partial charge is 0.476 e. The van der Waals surface area contributed by atoms with Crippen LogP contribution in [-0.2, 0) is 4.79 Å². The number of hydrogen-bond acceptors (Lipinski definition) is 3. The highest BCUT2D eigenvalue weighted by molar-refractivity contribution is 8.01. The average Bonchev–Trinajstić information content (AvgIpc) is 2.17. The Bertz CT molecular complexity index is 415. The van der Waals surface area contributed by atoms with E-state index >= 15 is 0 Å². The molecule has 0 fully saturated rings. The summed E-state index contributed by atoms with van der Waals surface area (Å²) in [5, 5.41) is 4.36. The molecule has 0 saturated heterocycles. The second kappa shape index (κ2) is 4.61. The van der Waals surface area contributed by atoms with Gasteiger partial charge in [-0.15, -0.1) is 0 Å². The Balaban J connectivity index is 2.84. The first-order chi connectivity index (χ1) is 7.33. The summed E-state index contributed by atoms with van der Waals surface area (Å²) < 4.78 is 25.6. The fourth-order valence-electron chi connectivity index (χ4n) is 0.949. The average molecular weight is 246 g/mol. The first-order valence-electron chi connectivity index (χ1n) is 4.24. The Labute approximate surface area is 94.5 Å². The molecule has 0 aliphatic rings. The number of ketones is 1. The molecule has 0 amide bonds. The molecule has 1 rings (SSSR count). The van der Waals surface area contributed by atoms with Crippen LogP contribution in [0.15, 0.2) is 29.2 Å². The number of Topliss-reactive ketones (excluding diaryl/α,β-unsaturated/α-hetero) is 1. The van der Waals surface area contributed by atoms with E-state index in [1.165, 1.54) is 31.2 Å². The number of alkyl halides is 2. The lowest BCUT2D eigenvalue weighted by Crippen LogP contribution is -2.23. The van der Waals surface area contributed by atoms with E-state index in [9.17, 15) is 18.4 Å². The van der Waals surface area contributed by atoms with Gasteiger partial charge in [-0.05, 0) is 30.8 Å². The molecule has 0 bridgehead atoms. The fraction of sp³-hybridized carbons (Fsp3) is 0.200. The summed E-state index contributed by atoms with van der Waals surface area (Å²) in [6.45, 7) is 1.36. The van der Waals surface area contributed by atoms with Crippen LogP contribution in [0.3, 0.4) is 0 Å². The summed E-state index contributed by atoms with van der Waals surface area (Å²) in [5.74, 6) is -2.37. The highest BCUT2D eigenvalue weighted by Gasteiger charge is 2.40. The topological polar surface area (TPSA) is 54.4 Å². The monoisotopic (exact) mass is 246 g/mol. The van der Waals surface area contributed by atoms with Crippen molar-refractivity contribution in [2.45, 2.75) is 17.1 Å². The van der Waals surface area contributed by atoms with Crippen LogP contribution in [0.25, 0.3) is 0 Å². The maximum atomic E-state index is 12.8. The maximum Gasteiger partial charge on any atom is 0.393 e. The zero-order valence-corrected chi connectivity index (χ0v) is 9.05. The van der Waals surface area contributed by atoms with Gasteiger partial charge in [0.1, 0.15) is 0 Å². The number of aliphatic carboxylic acids is 1. The number of carboxylic acid groups (broad SMARTS) is 1. The molecule has 0 atom stereocenters. The summed E-state index contributed by atoms with van der Waals surface area (Å²) in [5.41, 5.74) is 0.392. The highest BCUT2D eigenvalue weighted by atomic mass is 32.2. The third-order valence-corrected chi connectivity index (χ3v) is 2.69. The number of carbonyl (C=O) groups is 2. The molecule has 16 heavy (non-hydrogen) atoms. The Morgan fingerprint density at radius 3 is 2.12 bits per heavy atom. The lowest BCUT2D eigenvalue weighted by atomic mass is 10.2. The lowest BCUT2D eigenvalue weighted by Gasteiger charge is -2.10. The zero-order valence-electron chi connectivity index (χ0n) is 8.24. The number of rotatable bonds is 4. The van der Waals surface area contributed by atoms with Crippen LogP contribution in [0.1, 0.15) is 17.3 Å². The number of benzene rings is 1. The van der Waals surface area contributed by atoms with Gasteiger partial charge in [-0.1, -0.05) is 12.1 Å². The van der Waals surface area contributed by atoms with Gasteiger partial charge in [0.2, 0.25) is 0 Å². The normalized spacial score (nSPS) is 11.2. The van der Waals surface area contributed by atoms with E-state index in [0.29, 0.717) is 5.56 Å².